The second-order valence-corrected chi connectivity index (χ2v) is 5.17. The molecule has 108 valence electrons. The average molecular weight is 263 g/mol. The molecule has 0 bridgehead atoms. The minimum Gasteiger partial charge on any atom is -0.494 e. The topological polar surface area (TPSA) is 21.3 Å². The summed E-state index contributed by atoms with van der Waals surface area (Å²) in [5, 5.41) is 3.59. The average Bonchev–Trinajstić information content (AvgIpc) is 2.43. The molecular formula is C17H29NO. The first-order chi connectivity index (χ1) is 9.27. The molecule has 0 aliphatic carbocycles. The summed E-state index contributed by atoms with van der Waals surface area (Å²) in [5.74, 6) is 1.01. The van der Waals surface area contributed by atoms with Crippen LogP contribution in [-0.2, 0) is 6.54 Å². The van der Waals surface area contributed by atoms with Crippen LogP contribution in [0.3, 0.4) is 0 Å². The Hall–Kier alpha value is -1.02. The van der Waals surface area contributed by atoms with Crippen LogP contribution in [-0.4, -0.2) is 12.6 Å². The highest BCUT2D eigenvalue weighted by Gasteiger charge is 2.05. The maximum absolute atomic E-state index is 5.64. The summed E-state index contributed by atoms with van der Waals surface area (Å²) in [4.78, 5) is 0. The molecule has 0 aliphatic rings. The largest absolute Gasteiger partial charge is 0.494 e. The van der Waals surface area contributed by atoms with E-state index in [9.17, 15) is 0 Å². The van der Waals surface area contributed by atoms with E-state index in [1.807, 2.05) is 19.1 Å². The Morgan fingerprint density at radius 1 is 1.11 bits per heavy atom. The second kappa shape index (κ2) is 9.85. The van der Waals surface area contributed by atoms with E-state index in [1.54, 1.807) is 0 Å². The summed E-state index contributed by atoms with van der Waals surface area (Å²) in [5.41, 5.74) is 1.25. The lowest BCUT2D eigenvalue weighted by Crippen LogP contribution is -2.25. The summed E-state index contributed by atoms with van der Waals surface area (Å²) < 4.78 is 5.64. The first-order valence-electron chi connectivity index (χ1n) is 7.72. The van der Waals surface area contributed by atoms with Crippen molar-refractivity contribution in [3.8, 4) is 5.75 Å². The van der Waals surface area contributed by atoms with Crippen molar-refractivity contribution in [3.05, 3.63) is 29.8 Å². The fourth-order valence-electron chi connectivity index (χ4n) is 2.21. The van der Waals surface area contributed by atoms with Crippen molar-refractivity contribution in [2.75, 3.05) is 6.61 Å². The van der Waals surface area contributed by atoms with Gasteiger partial charge in [-0.05, 0) is 26.3 Å². The third-order valence-corrected chi connectivity index (χ3v) is 3.40. The normalized spacial score (nSPS) is 12.4. The van der Waals surface area contributed by atoms with Gasteiger partial charge in [-0.2, -0.15) is 0 Å². The highest BCUT2D eigenvalue weighted by Crippen LogP contribution is 2.18. The Morgan fingerprint density at radius 2 is 1.89 bits per heavy atom. The van der Waals surface area contributed by atoms with Crippen LogP contribution in [0.4, 0.5) is 0 Å². The van der Waals surface area contributed by atoms with E-state index in [-0.39, 0.29) is 0 Å². The Labute approximate surface area is 118 Å². The predicted octanol–water partition coefficient (Wildman–Crippen LogP) is 4.53. The van der Waals surface area contributed by atoms with Gasteiger partial charge in [0.05, 0.1) is 6.61 Å². The van der Waals surface area contributed by atoms with Gasteiger partial charge >= 0.3 is 0 Å². The monoisotopic (exact) mass is 263 g/mol. The Morgan fingerprint density at radius 3 is 2.63 bits per heavy atom. The number of rotatable bonds is 10. The zero-order valence-corrected chi connectivity index (χ0v) is 12.7. The van der Waals surface area contributed by atoms with Crippen molar-refractivity contribution in [1.82, 2.24) is 5.32 Å². The van der Waals surface area contributed by atoms with E-state index in [0.29, 0.717) is 6.04 Å². The van der Waals surface area contributed by atoms with Crippen LogP contribution in [0.15, 0.2) is 24.3 Å². The summed E-state index contributed by atoms with van der Waals surface area (Å²) in [6, 6.07) is 8.87. The first-order valence-corrected chi connectivity index (χ1v) is 7.72. The molecule has 2 heteroatoms. The van der Waals surface area contributed by atoms with Crippen LogP contribution in [0.5, 0.6) is 5.75 Å². The maximum atomic E-state index is 5.64. The Kier molecular flexibility index (Phi) is 8.31. The molecule has 19 heavy (non-hydrogen) atoms. The number of hydrogen-bond acceptors (Lipinski definition) is 2. The zero-order valence-electron chi connectivity index (χ0n) is 12.7. The van der Waals surface area contributed by atoms with Gasteiger partial charge in [0.15, 0.2) is 0 Å². The van der Waals surface area contributed by atoms with Gasteiger partial charge in [0, 0.05) is 18.2 Å². The van der Waals surface area contributed by atoms with E-state index in [1.165, 1.54) is 37.7 Å². The third-order valence-electron chi connectivity index (χ3n) is 3.40. The van der Waals surface area contributed by atoms with Crippen LogP contribution < -0.4 is 10.1 Å². The van der Waals surface area contributed by atoms with Crippen molar-refractivity contribution >= 4 is 0 Å². The van der Waals surface area contributed by atoms with Crippen LogP contribution in [0, 0.1) is 0 Å². The van der Waals surface area contributed by atoms with Gasteiger partial charge in [0.25, 0.3) is 0 Å². The molecule has 0 amide bonds. The number of ether oxygens (including phenoxy) is 1. The smallest absolute Gasteiger partial charge is 0.123 e. The summed E-state index contributed by atoms with van der Waals surface area (Å²) in [7, 11) is 0. The van der Waals surface area contributed by atoms with E-state index in [4.69, 9.17) is 4.74 Å². The number of hydrogen-bond donors (Lipinski definition) is 1. The van der Waals surface area contributed by atoms with Gasteiger partial charge in [-0.25, -0.2) is 0 Å². The highest BCUT2D eigenvalue weighted by atomic mass is 16.5. The molecule has 0 heterocycles. The quantitative estimate of drug-likeness (QED) is 0.626. The molecule has 0 radical (unpaired) electrons. The SMILES string of the molecule is CCCCCCC(C)NCc1ccccc1OCC. The van der Waals surface area contributed by atoms with Crippen molar-refractivity contribution in [3.63, 3.8) is 0 Å². The van der Waals surface area contributed by atoms with E-state index >= 15 is 0 Å². The fourth-order valence-corrected chi connectivity index (χ4v) is 2.21. The van der Waals surface area contributed by atoms with Gasteiger partial charge < -0.3 is 10.1 Å². The second-order valence-electron chi connectivity index (χ2n) is 5.17. The standard InChI is InChI=1S/C17H29NO/c1-4-6-7-8-11-15(3)18-14-16-12-9-10-13-17(16)19-5-2/h9-10,12-13,15,18H,4-8,11,14H2,1-3H3. The number of unbranched alkanes of at least 4 members (excludes halogenated alkanes) is 3. The van der Waals surface area contributed by atoms with Crippen LogP contribution in [0.2, 0.25) is 0 Å². The maximum Gasteiger partial charge on any atom is 0.123 e. The van der Waals surface area contributed by atoms with E-state index in [2.05, 4.69) is 31.3 Å². The van der Waals surface area contributed by atoms with Crippen molar-refractivity contribution in [2.24, 2.45) is 0 Å². The molecule has 1 N–H and O–H groups in total. The molecule has 1 atom stereocenters. The lowest BCUT2D eigenvalue weighted by Gasteiger charge is -2.15. The molecule has 0 aromatic heterocycles. The molecule has 0 fully saturated rings. The van der Waals surface area contributed by atoms with Gasteiger partial charge in [-0.15, -0.1) is 0 Å². The molecular weight excluding hydrogens is 234 g/mol. The van der Waals surface area contributed by atoms with Crippen molar-refractivity contribution in [1.29, 1.82) is 0 Å². The van der Waals surface area contributed by atoms with Gasteiger partial charge in [-0.3, -0.25) is 0 Å². The molecule has 0 spiro atoms. The number of benzene rings is 1. The molecule has 0 aliphatic heterocycles. The highest BCUT2D eigenvalue weighted by molar-refractivity contribution is 5.33. The molecule has 2 nitrogen and oxygen atoms in total. The minimum atomic E-state index is 0.575. The Balaban J connectivity index is 2.31. The van der Waals surface area contributed by atoms with Gasteiger partial charge in [0.1, 0.15) is 5.75 Å². The van der Waals surface area contributed by atoms with Crippen LogP contribution in [0.25, 0.3) is 0 Å². The van der Waals surface area contributed by atoms with Crippen molar-refractivity contribution in [2.45, 2.75) is 65.5 Å². The van der Waals surface area contributed by atoms with Crippen LogP contribution >= 0.6 is 0 Å². The predicted molar refractivity (Wildman–Crippen MR) is 82.7 cm³/mol. The lowest BCUT2D eigenvalue weighted by atomic mass is 10.1. The van der Waals surface area contributed by atoms with E-state index in [0.717, 1.165) is 18.9 Å². The summed E-state index contributed by atoms with van der Waals surface area (Å²) in [6.45, 7) is 8.18. The molecule has 1 rings (SSSR count). The third kappa shape index (κ3) is 6.63. The fraction of sp³-hybridized carbons (Fsp3) is 0.647. The minimum absolute atomic E-state index is 0.575. The summed E-state index contributed by atoms with van der Waals surface area (Å²) >= 11 is 0. The van der Waals surface area contributed by atoms with Crippen molar-refractivity contribution < 1.29 is 4.74 Å². The summed E-state index contributed by atoms with van der Waals surface area (Å²) in [6.07, 6.45) is 6.62. The number of para-hydroxylation sites is 1. The zero-order chi connectivity index (χ0) is 13.9. The van der Waals surface area contributed by atoms with Crippen LogP contribution in [0.1, 0.15) is 58.4 Å². The molecule has 1 aromatic carbocycles. The molecule has 0 saturated heterocycles. The first kappa shape index (κ1) is 16.0. The Bertz CT molecular complexity index is 338. The molecule has 1 aromatic rings. The molecule has 0 saturated carbocycles. The van der Waals surface area contributed by atoms with E-state index < -0.39 is 0 Å². The lowest BCUT2D eigenvalue weighted by molar-refractivity contribution is 0.334. The van der Waals surface area contributed by atoms with Gasteiger partial charge in [-0.1, -0.05) is 50.8 Å². The number of nitrogens with one attached hydrogen (secondary N) is 1. The molecule has 1 unspecified atom stereocenters. The van der Waals surface area contributed by atoms with Gasteiger partial charge in [0.2, 0.25) is 0 Å².